The van der Waals surface area contributed by atoms with Crippen molar-refractivity contribution in [3.05, 3.63) is 59.9 Å². The molecule has 7 heteroatoms. The van der Waals surface area contributed by atoms with Crippen molar-refractivity contribution >= 4 is 17.5 Å². The molecule has 2 atom stereocenters. The Balaban J connectivity index is 1.57. The number of ether oxygens (including phenoxy) is 1. The van der Waals surface area contributed by atoms with Gasteiger partial charge in [0.05, 0.1) is 11.7 Å². The predicted octanol–water partition coefficient (Wildman–Crippen LogP) is 1.91. The molecule has 1 fully saturated rings. The summed E-state index contributed by atoms with van der Waals surface area (Å²) < 4.78 is 5.64. The molecule has 2 N–H and O–H groups in total. The molecule has 0 unspecified atom stereocenters. The van der Waals surface area contributed by atoms with E-state index in [0.29, 0.717) is 6.54 Å². The standard InChI is InChI=1S/C21H26N4O3/c1-15-7-3-4-9-17(15)19-20(28-14-18(26)25(19)2)21(27)24-12-6-11-23-16-8-5-10-22-13-16/h3-5,7-10,13,19-20,23H,6,11-12,14H2,1-2H3,(H,24,27)/t19-,20+/m1/s1. The van der Waals surface area contributed by atoms with Gasteiger partial charge in [0.25, 0.3) is 5.91 Å². The van der Waals surface area contributed by atoms with Crippen molar-refractivity contribution in [1.29, 1.82) is 0 Å². The predicted molar refractivity (Wildman–Crippen MR) is 107 cm³/mol. The summed E-state index contributed by atoms with van der Waals surface area (Å²) in [5.74, 6) is -0.327. The largest absolute Gasteiger partial charge is 0.384 e. The zero-order valence-corrected chi connectivity index (χ0v) is 16.2. The van der Waals surface area contributed by atoms with Crippen molar-refractivity contribution in [2.45, 2.75) is 25.5 Å². The van der Waals surface area contributed by atoms with Crippen LogP contribution in [0.1, 0.15) is 23.6 Å². The molecule has 1 aromatic carbocycles. The number of aryl methyl sites for hydroxylation is 1. The molecule has 0 aliphatic carbocycles. The molecule has 7 nitrogen and oxygen atoms in total. The quantitative estimate of drug-likeness (QED) is 0.715. The van der Waals surface area contributed by atoms with Gasteiger partial charge in [-0.1, -0.05) is 24.3 Å². The molecule has 148 valence electrons. The molecular formula is C21H26N4O3. The maximum absolute atomic E-state index is 12.8. The van der Waals surface area contributed by atoms with Crippen LogP contribution in [-0.4, -0.2) is 54.5 Å². The molecule has 0 saturated carbocycles. The van der Waals surface area contributed by atoms with Crippen LogP contribution in [0.25, 0.3) is 0 Å². The molecule has 2 aromatic rings. The van der Waals surface area contributed by atoms with E-state index in [4.69, 9.17) is 4.74 Å². The van der Waals surface area contributed by atoms with Crippen LogP contribution in [0.4, 0.5) is 5.69 Å². The number of pyridine rings is 1. The summed E-state index contributed by atoms with van der Waals surface area (Å²) in [5, 5.41) is 6.19. The lowest BCUT2D eigenvalue weighted by atomic mass is 9.94. The molecule has 28 heavy (non-hydrogen) atoms. The van der Waals surface area contributed by atoms with Crippen LogP contribution >= 0.6 is 0 Å². The number of benzene rings is 1. The Labute approximate surface area is 165 Å². The third-order valence-electron chi connectivity index (χ3n) is 4.89. The number of carbonyl (C=O) groups is 2. The van der Waals surface area contributed by atoms with Crippen molar-refractivity contribution in [1.82, 2.24) is 15.2 Å². The first-order valence-corrected chi connectivity index (χ1v) is 9.42. The lowest BCUT2D eigenvalue weighted by Crippen LogP contribution is -2.53. The number of likely N-dealkylation sites (N-methyl/N-ethyl adjacent to an activating group) is 1. The van der Waals surface area contributed by atoms with Gasteiger partial charge in [0.15, 0.2) is 6.10 Å². The van der Waals surface area contributed by atoms with E-state index in [1.54, 1.807) is 24.3 Å². The normalized spacial score (nSPS) is 19.4. The number of nitrogens with one attached hydrogen (secondary N) is 2. The number of aromatic nitrogens is 1. The number of rotatable bonds is 7. The fourth-order valence-electron chi connectivity index (χ4n) is 3.32. The second-order valence-electron chi connectivity index (χ2n) is 6.85. The highest BCUT2D eigenvalue weighted by atomic mass is 16.5. The first kappa shape index (κ1) is 19.8. The van der Waals surface area contributed by atoms with Crippen molar-refractivity contribution in [2.24, 2.45) is 0 Å². The van der Waals surface area contributed by atoms with Crippen LogP contribution in [-0.2, 0) is 14.3 Å². The van der Waals surface area contributed by atoms with Crippen molar-refractivity contribution in [2.75, 3.05) is 32.1 Å². The number of carbonyl (C=O) groups excluding carboxylic acids is 2. The van der Waals surface area contributed by atoms with Crippen LogP contribution in [0.5, 0.6) is 0 Å². The molecule has 0 bridgehead atoms. The van der Waals surface area contributed by atoms with E-state index >= 15 is 0 Å². The average molecular weight is 382 g/mol. The molecule has 1 saturated heterocycles. The fraction of sp³-hybridized carbons (Fsp3) is 0.381. The van der Waals surface area contributed by atoms with Gasteiger partial charge in [0.2, 0.25) is 5.91 Å². The van der Waals surface area contributed by atoms with Crippen molar-refractivity contribution in [3.8, 4) is 0 Å². The third kappa shape index (κ3) is 4.67. The number of anilines is 1. The van der Waals surface area contributed by atoms with Gasteiger partial charge in [-0.25, -0.2) is 0 Å². The Morgan fingerprint density at radius 3 is 2.82 bits per heavy atom. The molecule has 3 rings (SSSR count). The van der Waals surface area contributed by atoms with Gasteiger partial charge in [-0.2, -0.15) is 0 Å². The summed E-state index contributed by atoms with van der Waals surface area (Å²) in [6.07, 6.45) is 3.52. The smallest absolute Gasteiger partial charge is 0.251 e. The Morgan fingerprint density at radius 2 is 2.07 bits per heavy atom. The molecule has 1 aromatic heterocycles. The summed E-state index contributed by atoms with van der Waals surface area (Å²) in [7, 11) is 1.72. The molecule has 1 aliphatic rings. The second-order valence-corrected chi connectivity index (χ2v) is 6.85. The Hall–Kier alpha value is -2.93. The van der Waals surface area contributed by atoms with Crippen LogP contribution in [0.2, 0.25) is 0 Å². The summed E-state index contributed by atoms with van der Waals surface area (Å²) in [5.41, 5.74) is 2.90. The molecule has 0 radical (unpaired) electrons. The average Bonchev–Trinajstić information content (AvgIpc) is 2.71. The van der Waals surface area contributed by atoms with Gasteiger partial charge in [-0.15, -0.1) is 0 Å². The maximum atomic E-state index is 12.8. The van der Waals surface area contributed by atoms with Gasteiger partial charge >= 0.3 is 0 Å². The first-order valence-electron chi connectivity index (χ1n) is 9.42. The minimum Gasteiger partial charge on any atom is -0.384 e. The van der Waals surface area contributed by atoms with Crippen molar-refractivity contribution < 1.29 is 14.3 Å². The number of morpholine rings is 1. The van der Waals surface area contributed by atoms with E-state index in [0.717, 1.165) is 29.8 Å². The highest BCUT2D eigenvalue weighted by molar-refractivity contribution is 5.86. The zero-order valence-electron chi connectivity index (χ0n) is 16.2. The lowest BCUT2D eigenvalue weighted by molar-refractivity contribution is -0.162. The van der Waals surface area contributed by atoms with E-state index in [2.05, 4.69) is 15.6 Å². The molecule has 2 amide bonds. The van der Waals surface area contributed by atoms with Gasteiger partial charge < -0.3 is 20.3 Å². The van der Waals surface area contributed by atoms with E-state index in [9.17, 15) is 9.59 Å². The summed E-state index contributed by atoms with van der Waals surface area (Å²) >= 11 is 0. The summed E-state index contributed by atoms with van der Waals surface area (Å²) in [6, 6.07) is 11.1. The Morgan fingerprint density at radius 1 is 1.25 bits per heavy atom. The van der Waals surface area contributed by atoms with Crippen LogP contribution in [0.15, 0.2) is 48.8 Å². The molecule has 2 heterocycles. The number of hydrogen-bond donors (Lipinski definition) is 2. The van der Waals surface area contributed by atoms with E-state index in [1.807, 2.05) is 43.3 Å². The van der Waals surface area contributed by atoms with Gasteiger partial charge in [-0.05, 0) is 36.6 Å². The monoisotopic (exact) mass is 382 g/mol. The van der Waals surface area contributed by atoms with Crippen LogP contribution < -0.4 is 10.6 Å². The summed E-state index contributed by atoms with van der Waals surface area (Å²) in [4.78, 5) is 30.6. The van der Waals surface area contributed by atoms with Crippen LogP contribution in [0.3, 0.4) is 0 Å². The molecular weight excluding hydrogens is 356 g/mol. The van der Waals surface area contributed by atoms with E-state index in [-0.39, 0.29) is 18.4 Å². The lowest BCUT2D eigenvalue weighted by Gasteiger charge is -2.38. The SMILES string of the molecule is Cc1ccccc1[C@@H]1[C@@H](C(=O)NCCCNc2cccnc2)OCC(=O)N1C. The topological polar surface area (TPSA) is 83.6 Å². The molecule has 0 spiro atoms. The highest BCUT2D eigenvalue weighted by Crippen LogP contribution is 2.31. The van der Waals surface area contributed by atoms with Crippen LogP contribution in [0, 0.1) is 6.92 Å². The second kappa shape index (κ2) is 9.32. The van der Waals surface area contributed by atoms with Gasteiger partial charge in [0.1, 0.15) is 6.61 Å². The maximum Gasteiger partial charge on any atom is 0.251 e. The van der Waals surface area contributed by atoms with Crippen molar-refractivity contribution in [3.63, 3.8) is 0 Å². The highest BCUT2D eigenvalue weighted by Gasteiger charge is 2.40. The van der Waals surface area contributed by atoms with Gasteiger partial charge in [0, 0.05) is 32.5 Å². The number of amides is 2. The Bertz CT molecular complexity index is 812. The number of hydrogen-bond acceptors (Lipinski definition) is 5. The zero-order chi connectivity index (χ0) is 19.9. The van der Waals surface area contributed by atoms with E-state index in [1.165, 1.54) is 0 Å². The molecule has 1 aliphatic heterocycles. The number of nitrogens with zero attached hydrogens (tertiary/aromatic N) is 2. The van der Waals surface area contributed by atoms with Gasteiger partial charge in [-0.3, -0.25) is 14.6 Å². The Kier molecular flexibility index (Phi) is 6.60. The summed E-state index contributed by atoms with van der Waals surface area (Å²) in [6.45, 7) is 3.13. The first-order chi connectivity index (χ1) is 13.6. The minimum atomic E-state index is -0.727. The van der Waals surface area contributed by atoms with E-state index < -0.39 is 12.1 Å². The fourth-order valence-corrected chi connectivity index (χ4v) is 3.32. The third-order valence-corrected chi connectivity index (χ3v) is 4.89. The minimum absolute atomic E-state index is 0.0838.